The van der Waals surface area contributed by atoms with Gasteiger partial charge in [-0.3, -0.25) is 14.4 Å². The first-order valence-corrected chi connectivity index (χ1v) is 7.43. The molecule has 0 aromatic rings. The Labute approximate surface area is 133 Å². The molecule has 9 nitrogen and oxygen atoms in total. The van der Waals surface area contributed by atoms with Crippen LogP contribution in [0.5, 0.6) is 0 Å². The van der Waals surface area contributed by atoms with Gasteiger partial charge in [0.15, 0.2) is 0 Å². The summed E-state index contributed by atoms with van der Waals surface area (Å²) in [4.78, 5) is 47.0. The minimum Gasteiger partial charge on any atom is -0.480 e. The predicted octanol–water partition coefficient (Wildman–Crippen LogP) is -2.45. The van der Waals surface area contributed by atoms with E-state index in [1.54, 1.807) is 0 Å². The molecular formula is C12H20N4O5S. The van der Waals surface area contributed by atoms with Crippen molar-refractivity contribution in [3.05, 3.63) is 0 Å². The molecule has 2 unspecified atom stereocenters. The van der Waals surface area contributed by atoms with Crippen LogP contribution >= 0.6 is 12.6 Å². The zero-order chi connectivity index (χ0) is 16.7. The van der Waals surface area contributed by atoms with E-state index in [1.807, 2.05) is 0 Å². The van der Waals surface area contributed by atoms with E-state index >= 15 is 0 Å². The van der Waals surface area contributed by atoms with E-state index < -0.39 is 35.8 Å². The molecule has 22 heavy (non-hydrogen) atoms. The van der Waals surface area contributed by atoms with Crippen LogP contribution in [0.3, 0.4) is 0 Å². The molecule has 3 amide bonds. The Morgan fingerprint density at radius 3 is 2.55 bits per heavy atom. The summed E-state index contributed by atoms with van der Waals surface area (Å²) in [6.45, 7) is -0.258. The number of carbonyl (C=O) groups excluding carboxylic acids is 3. The molecule has 0 aromatic heterocycles. The lowest BCUT2D eigenvalue weighted by atomic mass is 10.2. The lowest BCUT2D eigenvalue weighted by Gasteiger charge is -2.21. The second-order valence-corrected chi connectivity index (χ2v) is 5.23. The smallest absolute Gasteiger partial charge is 0.326 e. The molecule has 0 saturated carbocycles. The number of hydrogen-bond donors (Lipinski definition) is 5. The van der Waals surface area contributed by atoms with Gasteiger partial charge in [0.2, 0.25) is 17.7 Å². The maximum Gasteiger partial charge on any atom is 0.326 e. The largest absolute Gasteiger partial charge is 0.480 e. The van der Waals surface area contributed by atoms with Gasteiger partial charge in [-0.05, 0) is 12.8 Å². The van der Waals surface area contributed by atoms with Crippen LogP contribution in [-0.2, 0) is 19.2 Å². The zero-order valence-corrected chi connectivity index (χ0v) is 12.8. The van der Waals surface area contributed by atoms with Crippen molar-refractivity contribution >= 4 is 36.3 Å². The van der Waals surface area contributed by atoms with E-state index in [0.717, 1.165) is 0 Å². The molecule has 1 aliphatic rings. The minimum atomic E-state index is -1.05. The zero-order valence-electron chi connectivity index (χ0n) is 11.9. The van der Waals surface area contributed by atoms with Gasteiger partial charge in [0.05, 0.1) is 19.1 Å². The van der Waals surface area contributed by atoms with Crippen LogP contribution in [0.4, 0.5) is 0 Å². The number of aliphatic carboxylic acids is 1. The summed E-state index contributed by atoms with van der Waals surface area (Å²) in [5, 5.41) is 13.6. The summed E-state index contributed by atoms with van der Waals surface area (Å²) in [6, 6.07) is -1.64. The quantitative estimate of drug-likeness (QED) is 0.328. The molecule has 124 valence electrons. The number of likely N-dealkylation sites (tertiary alicyclic amines) is 1. The number of rotatable bonds is 7. The second-order valence-electron chi connectivity index (χ2n) is 4.87. The number of carbonyl (C=O) groups is 4. The molecule has 1 aliphatic heterocycles. The van der Waals surface area contributed by atoms with Crippen LogP contribution in [0.2, 0.25) is 0 Å². The van der Waals surface area contributed by atoms with E-state index in [4.69, 9.17) is 10.8 Å². The SMILES string of the molecule is NC(CS)C(=O)NCC(=O)NCC(=O)N1CCCC1C(=O)O. The second kappa shape index (κ2) is 8.59. The van der Waals surface area contributed by atoms with Crippen molar-refractivity contribution in [1.29, 1.82) is 0 Å². The van der Waals surface area contributed by atoms with Gasteiger partial charge in [-0.2, -0.15) is 12.6 Å². The molecule has 1 rings (SSSR count). The third-order valence-electron chi connectivity index (χ3n) is 3.25. The summed E-state index contributed by atoms with van der Waals surface area (Å²) in [7, 11) is 0. The van der Waals surface area contributed by atoms with Crippen molar-refractivity contribution in [3.8, 4) is 0 Å². The summed E-state index contributed by atoms with van der Waals surface area (Å²) in [6.07, 6.45) is 1.03. The first-order valence-electron chi connectivity index (χ1n) is 6.80. The highest BCUT2D eigenvalue weighted by atomic mass is 32.1. The van der Waals surface area contributed by atoms with Crippen molar-refractivity contribution < 1.29 is 24.3 Å². The Morgan fingerprint density at radius 1 is 1.27 bits per heavy atom. The van der Waals surface area contributed by atoms with E-state index in [-0.39, 0.29) is 18.8 Å². The molecule has 1 heterocycles. The van der Waals surface area contributed by atoms with Gasteiger partial charge < -0.3 is 26.4 Å². The van der Waals surface area contributed by atoms with Gasteiger partial charge in [-0.25, -0.2) is 4.79 Å². The lowest BCUT2D eigenvalue weighted by Crippen LogP contribution is -2.48. The molecule has 2 atom stereocenters. The van der Waals surface area contributed by atoms with Crippen molar-refractivity contribution in [1.82, 2.24) is 15.5 Å². The monoisotopic (exact) mass is 332 g/mol. The number of amides is 3. The number of nitrogens with one attached hydrogen (secondary N) is 2. The van der Waals surface area contributed by atoms with Crippen molar-refractivity contribution in [3.63, 3.8) is 0 Å². The standard InChI is InChI=1S/C12H20N4O5S/c13-7(6-22)11(19)15-4-9(17)14-5-10(18)16-3-1-2-8(16)12(20)21/h7-8,22H,1-6,13H2,(H,14,17)(H,15,19)(H,20,21). The van der Waals surface area contributed by atoms with Gasteiger partial charge in [0.25, 0.3) is 0 Å². The van der Waals surface area contributed by atoms with E-state index in [1.165, 1.54) is 4.90 Å². The highest BCUT2D eigenvalue weighted by molar-refractivity contribution is 7.80. The molecule has 0 spiro atoms. The Kier molecular flexibility index (Phi) is 7.12. The van der Waals surface area contributed by atoms with Crippen LogP contribution in [-0.4, -0.2) is 71.2 Å². The molecule has 0 aliphatic carbocycles. The van der Waals surface area contributed by atoms with Crippen LogP contribution in [0.15, 0.2) is 0 Å². The van der Waals surface area contributed by atoms with Crippen molar-refractivity contribution in [2.45, 2.75) is 24.9 Å². The lowest BCUT2D eigenvalue weighted by molar-refractivity contribution is -0.148. The molecule has 1 fully saturated rings. The third-order valence-corrected chi connectivity index (χ3v) is 3.65. The van der Waals surface area contributed by atoms with Crippen molar-refractivity contribution in [2.75, 3.05) is 25.4 Å². The maximum absolute atomic E-state index is 11.9. The predicted molar refractivity (Wildman–Crippen MR) is 80.2 cm³/mol. The molecular weight excluding hydrogens is 312 g/mol. The van der Waals surface area contributed by atoms with Gasteiger partial charge in [-0.15, -0.1) is 0 Å². The summed E-state index contributed by atoms with van der Waals surface area (Å²) < 4.78 is 0. The fourth-order valence-corrected chi connectivity index (χ4v) is 2.21. The Bertz CT molecular complexity index is 459. The van der Waals surface area contributed by atoms with Crippen LogP contribution in [0.25, 0.3) is 0 Å². The fourth-order valence-electron chi connectivity index (χ4n) is 2.04. The average Bonchev–Trinajstić information content (AvgIpc) is 2.99. The Morgan fingerprint density at radius 2 is 1.95 bits per heavy atom. The van der Waals surface area contributed by atoms with E-state index in [9.17, 15) is 19.2 Å². The van der Waals surface area contributed by atoms with Gasteiger partial charge >= 0.3 is 5.97 Å². The first-order chi connectivity index (χ1) is 10.4. The number of carboxylic acid groups (broad SMARTS) is 1. The van der Waals surface area contributed by atoms with E-state index in [2.05, 4.69) is 23.3 Å². The summed E-state index contributed by atoms with van der Waals surface area (Å²) in [5.74, 6) is -2.43. The number of nitrogens with two attached hydrogens (primary N) is 1. The molecule has 0 aromatic carbocycles. The number of carboxylic acids is 1. The summed E-state index contributed by atoms with van der Waals surface area (Å²) >= 11 is 3.86. The van der Waals surface area contributed by atoms with Crippen LogP contribution < -0.4 is 16.4 Å². The Hall–Kier alpha value is -1.81. The maximum atomic E-state index is 11.9. The first kappa shape index (κ1) is 18.2. The topological polar surface area (TPSA) is 142 Å². The van der Waals surface area contributed by atoms with Crippen molar-refractivity contribution in [2.24, 2.45) is 5.73 Å². The molecule has 1 saturated heterocycles. The number of nitrogens with zero attached hydrogens (tertiary/aromatic N) is 1. The highest BCUT2D eigenvalue weighted by Crippen LogP contribution is 2.17. The Balaban J connectivity index is 2.33. The van der Waals surface area contributed by atoms with E-state index in [0.29, 0.717) is 19.4 Å². The number of thiol groups is 1. The van der Waals surface area contributed by atoms with Crippen LogP contribution in [0.1, 0.15) is 12.8 Å². The normalized spacial score (nSPS) is 18.6. The fraction of sp³-hybridized carbons (Fsp3) is 0.667. The van der Waals surface area contributed by atoms with Gasteiger partial charge in [-0.1, -0.05) is 0 Å². The third kappa shape index (κ3) is 5.19. The summed E-state index contributed by atoms with van der Waals surface area (Å²) in [5.41, 5.74) is 5.41. The highest BCUT2D eigenvalue weighted by Gasteiger charge is 2.33. The van der Waals surface area contributed by atoms with Crippen LogP contribution in [0, 0.1) is 0 Å². The van der Waals surface area contributed by atoms with Gasteiger partial charge in [0.1, 0.15) is 6.04 Å². The molecule has 0 radical (unpaired) electrons. The molecule has 5 N–H and O–H groups in total. The number of hydrogen-bond acceptors (Lipinski definition) is 6. The molecule has 10 heteroatoms. The van der Waals surface area contributed by atoms with Gasteiger partial charge in [0, 0.05) is 12.3 Å². The molecule has 0 bridgehead atoms. The minimum absolute atomic E-state index is 0.150. The average molecular weight is 332 g/mol.